The monoisotopic (exact) mass is 752 g/mol. The van der Waals surface area contributed by atoms with Gasteiger partial charge in [-0.2, -0.15) is 0 Å². The maximum atomic E-state index is 5.33. The molecule has 0 amide bonds. The molecule has 0 saturated carbocycles. The largest absolute Gasteiger partial charge is 0.226 e. The predicted molar refractivity (Wildman–Crippen MR) is 239 cm³/mol. The Morgan fingerprint density at radius 1 is 0.393 bits per heavy atom. The fraction of sp³-hybridized carbons (Fsp3) is 0.115. The lowest BCUT2D eigenvalue weighted by Gasteiger charge is -2.24. The molecule has 0 spiro atoms. The molecule has 0 fully saturated rings. The molecule has 2 nitrogen and oxygen atoms in total. The maximum absolute atomic E-state index is 5.33. The zero-order valence-corrected chi connectivity index (χ0v) is 33.2. The Kier molecular flexibility index (Phi) is 6.53. The number of fused-ring (bicyclic) bond motifs is 12. The molecular weight excluding hydrogens is 717 g/mol. The quantitative estimate of drug-likeness (QED) is 0.180. The summed E-state index contributed by atoms with van der Waals surface area (Å²) in [5.74, 6) is 0.761. The number of benzene rings is 7. The minimum atomic E-state index is -0.112. The van der Waals surface area contributed by atoms with E-state index >= 15 is 0 Å². The van der Waals surface area contributed by atoms with Crippen LogP contribution in [0.3, 0.4) is 0 Å². The molecule has 266 valence electrons. The fourth-order valence-electron chi connectivity index (χ4n) is 9.76. The van der Waals surface area contributed by atoms with Crippen molar-refractivity contribution in [3.8, 4) is 56.0 Å². The zero-order valence-electron chi connectivity index (χ0n) is 31.6. The highest BCUT2D eigenvalue weighted by Gasteiger charge is 2.41. The van der Waals surface area contributed by atoms with Gasteiger partial charge in [0.25, 0.3) is 0 Å². The first-order valence-corrected chi connectivity index (χ1v) is 21.0. The highest BCUT2D eigenvalue weighted by atomic mass is 32.1. The zero-order chi connectivity index (χ0) is 37.5. The molecule has 0 aliphatic heterocycles. The van der Waals surface area contributed by atoms with Crippen LogP contribution in [0.4, 0.5) is 0 Å². The van der Waals surface area contributed by atoms with Crippen LogP contribution in [-0.2, 0) is 10.8 Å². The Bertz CT molecular complexity index is 3310. The second kappa shape index (κ2) is 11.3. The van der Waals surface area contributed by atoms with Crippen LogP contribution in [0.1, 0.15) is 49.9 Å². The second-order valence-electron chi connectivity index (χ2n) is 16.5. The van der Waals surface area contributed by atoms with E-state index in [1.54, 1.807) is 11.3 Å². The predicted octanol–water partition coefficient (Wildman–Crippen LogP) is 14.8. The number of hydrogen-bond acceptors (Lipinski definition) is 4. The molecule has 4 heteroatoms. The van der Waals surface area contributed by atoms with Crippen molar-refractivity contribution in [2.75, 3.05) is 0 Å². The molecule has 10 aromatic rings. The summed E-state index contributed by atoms with van der Waals surface area (Å²) < 4.78 is 4.92. The molecule has 7 aromatic carbocycles. The van der Waals surface area contributed by atoms with E-state index in [-0.39, 0.29) is 10.8 Å². The van der Waals surface area contributed by atoms with Crippen LogP contribution in [0.2, 0.25) is 0 Å². The molecule has 0 atom stereocenters. The summed E-state index contributed by atoms with van der Waals surface area (Å²) in [6, 6.07) is 53.9. The van der Waals surface area contributed by atoms with Gasteiger partial charge in [-0.15, -0.1) is 22.7 Å². The molecule has 12 rings (SSSR count). The van der Waals surface area contributed by atoms with Gasteiger partial charge in [-0.25, -0.2) is 9.97 Å². The van der Waals surface area contributed by atoms with E-state index < -0.39 is 0 Å². The van der Waals surface area contributed by atoms with Gasteiger partial charge in [0.15, 0.2) is 5.82 Å². The molecule has 0 radical (unpaired) electrons. The number of hydrogen-bond donors (Lipinski definition) is 0. The van der Waals surface area contributed by atoms with Crippen molar-refractivity contribution in [2.24, 2.45) is 0 Å². The van der Waals surface area contributed by atoms with Crippen LogP contribution in [0, 0.1) is 0 Å². The van der Waals surface area contributed by atoms with E-state index in [0.29, 0.717) is 0 Å². The van der Waals surface area contributed by atoms with Crippen LogP contribution in [0.5, 0.6) is 0 Å². The SMILES string of the molecule is CC1(C)c2ccccc2-c2cc3c(cc21)-c1ccc(-c2ccc4sc5c(-c6nc(-c7ccccc7)nc7c6sc6ccccc67)cccc5c4c2)cc1C3(C)C. The lowest BCUT2D eigenvalue weighted by atomic mass is 9.79. The normalized spacial score (nSPS) is 14.7. The van der Waals surface area contributed by atoms with Crippen molar-refractivity contribution in [3.63, 3.8) is 0 Å². The highest BCUT2D eigenvalue weighted by Crippen LogP contribution is 2.56. The summed E-state index contributed by atoms with van der Waals surface area (Å²) in [5.41, 5.74) is 17.8. The van der Waals surface area contributed by atoms with Gasteiger partial charge in [0.2, 0.25) is 0 Å². The van der Waals surface area contributed by atoms with E-state index in [2.05, 4.69) is 167 Å². The first kappa shape index (κ1) is 32.3. The van der Waals surface area contributed by atoms with Crippen LogP contribution in [-0.4, -0.2) is 9.97 Å². The smallest absolute Gasteiger partial charge is 0.160 e. The average molecular weight is 753 g/mol. The van der Waals surface area contributed by atoms with Gasteiger partial charge in [0.1, 0.15) is 0 Å². The van der Waals surface area contributed by atoms with Gasteiger partial charge in [-0.3, -0.25) is 0 Å². The van der Waals surface area contributed by atoms with Crippen molar-refractivity contribution in [1.82, 2.24) is 9.97 Å². The first-order valence-electron chi connectivity index (χ1n) is 19.4. The van der Waals surface area contributed by atoms with E-state index in [1.165, 1.54) is 85.9 Å². The summed E-state index contributed by atoms with van der Waals surface area (Å²) in [7, 11) is 0. The van der Waals surface area contributed by atoms with Crippen LogP contribution >= 0.6 is 22.7 Å². The number of rotatable bonds is 3. The molecule has 0 N–H and O–H groups in total. The van der Waals surface area contributed by atoms with Gasteiger partial charge in [-0.1, -0.05) is 137 Å². The molecule has 56 heavy (non-hydrogen) atoms. The second-order valence-corrected chi connectivity index (χ2v) is 18.6. The van der Waals surface area contributed by atoms with Gasteiger partial charge in [-0.05, 0) is 92.0 Å². The van der Waals surface area contributed by atoms with Crippen LogP contribution < -0.4 is 0 Å². The first-order chi connectivity index (χ1) is 27.3. The Balaban J connectivity index is 0.993. The summed E-state index contributed by atoms with van der Waals surface area (Å²) in [6.45, 7) is 9.56. The third kappa shape index (κ3) is 4.37. The van der Waals surface area contributed by atoms with Crippen molar-refractivity contribution in [2.45, 2.75) is 38.5 Å². The molecule has 3 heterocycles. The molecular formula is C52H36N2S2. The van der Waals surface area contributed by atoms with Crippen molar-refractivity contribution < 1.29 is 0 Å². The van der Waals surface area contributed by atoms with E-state index in [4.69, 9.17) is 9.97 Å². The van der Waals surface area contributed by atoms with E-state index in [9.17, 15) is 0 Å². The van der Waals surface area contributed by atoms with E-state index in [1.807, 2.05) is 17.4 Å². The van der Waals surface area contributed by atoms with Crippen LogP contribution in [0.15, 0.2) is 146 Å². The van der Waals surface area contributed by atoms with Gasteiger partial charge in [0, 0.05) is 52.2 Å². The minimum Gasteiger partial charge on any atom is -0.226 e. The summed E-state index contributed by atoms with van der Waals surface area (Å²) >= 11 is 3.65. The van der Waals surface area contributed by atoms with Gasteiger partial charge < -0.3 is 0 Å². The molecule has 3 aromatic heterocycles. The molecule has 0 unspecified atom stereocenters. The lowest BCUT2D eigenvalue weighted by Crippen LogP contribution is -2.17. The molecule has 0 bridgehead atoms. The Morgan fingerprint density at radius 3 is 1.84 bits per heavy atom. The molecule has 2 aliphatic carbocycles. The third-order valence-corrected chi connectivity index (χ3v) is 15.1. The number of aromatic nitrogens is 2. The minimum absolute atomic E-state index is 0.0199. The van der Waals surface area contributed by atoms with Crippen molar-refractivity contribution >= 4 is 63.1 Å². The Morgan fingerprint density at radius 2 is 1.00 bits per heavy atom. The lowest BCUT2D eigenvalue weighted by molar-refractivity contribution is 0.652. The molecule has 0 saturated heterocycles. The van der Waals surface area contributed by atoms with Crippen molar-refractivity contribution in [1.29, 1.82) is 0 Å². The Labute approximate surface area is 333 Å². The Hall–Kier alpha value is -5.94. The summed E-state index contributed by atoms with van der Waals surface area (Å²) in [5, 5.41) is 3.74. The maximum Gasteiger partial charge on any atom is 0.160 e. The highest BCUT2D eigenvalue weighted by molar-refractivity contribution is 7.27. The van der Waals surface area contributed by atoms with Gasteiger partial charge >= 0.3 is 0 Å². The standard InChI is InChI=1S/C52H36N2S2/c1-51(2)40-19-10-8-15-32(40)37-27-43-38(28-42(37)51)33-23-21-31(26-41(33)52(43,3)4)30-22-24-45-39(25-30)34-17-12-18-36(48(34)55-45)47-49-46(35-16-9-11-20-44(35)56-49)53-50(54-47)29-13-6-5-7-14-29/h5-28H,1-4H3. The third-order valence-electron chi connectivity index (χ3n) is 12.7. The topological polar surface area (TPSA) is 25.8 Å². The number of thiophene rings is 2. The fourth-order valence-corrected chi connectivity index (χ4v) is 12.1. The van der Waals surface area contributed by atoms with E-state index in [0.717, 1.165) is 32.9 Å². The van der Waals surface area contributed by atoms with Crippen molar-refractivity contribution in [3.05, 3.63) is 168 Å². The van der Waals surface area contributed by atoms with Crippen LogP contribution in [0.25, 0.3) is 96.5 Å². The van der Waals surface area contributed by atoms with Gasteiger partial charge in [0.05, 0.1) is 15.9 Å². The number of nitrogens with zero attached hydrogens (tertiary/aromatic N) is 2. The summed E-state index contributed by atoms with van der Waals surface area (Å²) in [4.78, 5) is 10.5. The average Bonchev–Trinajstić information content (AvgIpc) is 3.92. The molecule has 2 aliphatic rings. The summed E-state index contributed by atoms with van der Waals surface area (Å²) in [6.07, 6.45) is 0.